The highest BCUT2D eigenvalue weighted by Crippen LogP contribution is 2.37. The Labute approximate surface area is 213 Å². The van der Waals surface area contributed by atoms with E-state index in [1.165, 1.54) is 0 Å². The van der Waals surface area contributed by atoms with Crippen LogP contribution in [-0.4, -0.2) is 65.1 Å². The van der Waals surface area contributed by atoms with Gasteiger partial charge in [-0.1, -0.05) is 23.2 Å². The van der Waals surface area contributed by atoms with E-state index in [9.17, 15) is 13.3 Å². The topological polar surface area (TPSA) is 56.6 Å². The molecule has 0 radical (unpaired) electrons. The molecule has 0 amide bonds. The van der Waals surface area contributed by atoms with Crippen LogP contribution in [0.1, 0.15) is 36.2 Å². The Morgan fingerprint density at radius 1 is 1.21 bits per heavy atom. The van der Waals surface area contributed by atoms with Gasteiger partial charge in [-0.05, 0) is 64.3 Å². The zero-order valence-corrected chi connectivity index (χ0v) is 22.3. The van der Waals surface area contributed by atoms with Gasteiger partial charge in [-0.25, -0.2) is 8.78 Å². The third-order valence-electron chi connectivity index (χ3n) is 6.09. The number of benzene rings is 1. The van der Waals surface area contributed by atoms with Crippen molar-refractivity contribution in [1.29, 1.82) is 0 Å². The summed E-state index contributed by atoms with van der Waals surface area (Å²) < 4.78 is 49.0. The molecule has 0 N–H and O–H groups in total. The summed E-state index contributed by atoms with van der Waals surface area (Å²) in [4.78, 5) is 2.42. The van der Waals surface area contributed by atoms with E-state index < -0.39 is 24.3 Å². The predicted octanol–water partition coefficient (Wildman–Crippen LogP) is 5.18. The lowest BCUT2D eigenvalue weighted by atomic mass is 10.1. The molecule has 1 aromatic carbocycles. The Balaban J connectivity index is 1.70. The summed E-state index contributed by atoms with van der Waals surface area (Å²) in [5, 5.41) is 4.65. The fourth-order valence-electron chi connectivity index (χ4n) is 4.20. The van der Waals surface area contributed by atoms with E-state index in [1.54, 1.807) is 37.7 Å². The van der Waals surface area contributed by atoms with Gasteiger partial charge < -0.3 is 14.2 Å². The lowest BCUT2D eigenvalue weighted by molar-refractivity contribution is 0.0116. The van der Waals surface area contributed by atoms with E-state index in [2.05, 4.69) is 17.0 Å². The van der Waals surface area contributed by atoms with Crippen LogP contribution < -0.4 is 4.31 Å². The van der Waals surface area contributed by atoms with Gasteiger partial charge in [-0.2, -0.15) is 9.40 Å². The standard InChI is InChI=1S/C23H32Cl2F2N4O2S/c1-15-22(16(2)30(4)28-15)31(14-21(26)27)34(32)23-19(24)12-17(13-20(23)25)6-5-11-33-18-7-9-29(3)10-8-18/h12-13,18,21H,5-11,14H2,1-4H3. The van der Waals surface area contributed by atoms with Crippen molar-refractivity contribution in [2.24, 2.45) is 7.05 Å². The summed E-state index contributed by atoms with van der Waals surface area (Å²) in [6, 6.07) is 3.42. The van der Waals surface area contributed by atoms with E-state index in [1.807, 2.05) is 0 Å². The molecule has 0 bridgehead atoms. The highest BCUT2D eigenvalue weighted by molar-refractivity contribution is 7.93. The summed E-state index contributed by atoms with van der Waals surface area (Å²) in [7, 11) is 3.83. The number of hydrogen-bond donors (Lipinski definition) is 0. The molecule has 6 nitrogen and oxygen atoms in total. The maximum Gasteiger partial charge on any atom is 0.260 e. The first-order valence-corrected chi connectivity index (χ1v) is 13.2. The Hall–Kier alpha value is -1.10. The molecular formula is C23H32Cl2F2N4O2S. The predicted molar refractivity (Wildman–Crippen MR) is 134 cm³/mol. The molecule has 0 spiro atoms. The van der Waals surface area contributed by atoms with Crippen molar-refractivity contribution in [2.45, 2.75) is 57.0 Å². The molecule has 1 saturated heterocycles. The fraction of sp³-hybridized carbons (Fsp3) is 0.609. The van der Waals surface area contributed by atoms with Crippen LogP contribution in [0.3, 0.4) is 0 Å². The van der Waals surface area contributed by atoms with E-state index in [0.717, 1.165) is 42.2 Å². The molecule has 34 heavy (non-hydrogen) atoms. The van der Waals surface area contributed by atoms with Gasteiger partial charge in [0.25, 0.3) is 6.43 Å². The second-order valence-electron chi connectivity index (χ2n) is 8.71. The average molecular weight is 538 g/mol. The normalized spacial score (nSPS) is 16.4. The Kier molecular flexibility index (Phi) is 9.89. The SMILES string of the molecule is Cc1nn(C)c(C)c1N(CC(F)F)[S+]([O-])c1c(Cl)cc(CCCOC2CCN(C)CC2)cc1Cl. The molecule has 0 aliphatic carbocycles. The number of likely N-dealkylation sites (tertiary alicyclic amines) is 1. The summed E-state index contributed by atoms with van der Waals surface area (Å²) >= 11 is 10.9. The highest BCUT2D eigenvalue weighted by Gasteiger charge is 2.34. The van der Waals surface area contributed by atoms with Crippen molar-refractivity contribution in [3.05, 3.63) is 39.1 Å². The van der Waals surface area contributed by atoms with Crippen molar-refractivity contribution in [3.8, 4) is 0 Å². The molecule has 1 atom stereocenters. The van der Waals surface area contributed by atoms with Crippen molar-refractivity contribution < 1.29 is 18.1 Å². The Morgan fingerprint density at radius 2 is 1.82 bits per heavy atom. The van der Waals surface area contributed by atoms with Crippen LogP contribution >= 0.6 is 23.2 Å². The molecule has 1 unspecified atom stereocenters. The molecule has 1 aromatic heterocycles. The van der Waals surface area contributed by atoms with E-state index in [0.29, 0.717) is 36.2 Å². The minimum absolute atomic E-state index is 0.123. The maximum absolute atomic E-state index is 13.5. The summed E-state index contributed by atoms with van der Waals surface area (Å²) in [5.41, 5.74) is 2.41. The number of halogens is 4. The van der Waals surface area contributed by atoms with Gasteiger partial charge in [-0.15, -0.1) is 0 Å². The summed E-state index contributed by atoms with van der Waals surface area (Å²) in [6.45, 7) is 5.44. The third-order valence-corrected chi connectivity index (χ3v) is 8.43. The molecule has 1 aliphatic rings. The van der Waals surface area contributed by atoms with Crippen molar-refractivity contribution in [2.75, 3.05) is 37.6 Å². The molecule has 2 aromatic rings. The number of piperidine rings is 1. The maximum atomic E-state index is 13.5. The van der Waals surface area contributed by atoms with Crippen LogP contribution in [0.2, 0.25) is 10.0 Å². The second-order valence-corrected chi connectivity index (χ2v) is 10.9. The Bertz CT molecular complexity index is 948. The van der Waals surface area contributed by atoms with Gasteiger partial charge in [0.15, 0.2) is 0 Å². The molecule has 0 saturated carbocycles. The number of nitrogens with zero attached hydrogens (tertiary/aromatic N) is 4. The number of aryl methyl sites for hydroxylation is 3. The van der Waals surface area contributed by atoms with Gasteiger partial charge in [0.1, 0.15) is 33.6 Å². The van der Waals surface area contributed by atoms with Crippen LogP contribution in [0.25, 0.3) is 0 Å². The first kappa shape index (κ1) is 27.5. The van der Waals surface area contributed by atoms with Gasteiger partial charge in [0.05, 0.1) is 17.5 Å². The molecule has 2 heterocycles. The summed E-state index contributed by atoms with van der Waals surface area (Å²) in [5.74, 6) is 0. The van der Waals surface area contributed by atoms with Gasteiger partial charge in [0, 0.05) is 26.7 Å². The van der Waals surface area contributed by atoms with Crippen LogP contribution in [0.5, 0.6) is 0 Å². The number of aromatic nitrogens is 2. The zero-order valence-electron chi connectivity index (χ0n) is 20.0. The van der Waals surface area contributed by atoms with Crippen LogP contribution in [0, 0.1) is 13.8 Å². The number of alkyl halides is 2. The fourth-order valence-corrected chi connectivity index (χ4v) is 6.48. The van der Waals surface area contributed by atoms with E-state index >= 15 is 0 Å². The molecule has 11 heteroatoms. The lowest BCUT2D eigenvalue weighted by Crippen LogP contribution is -2.36. The van der Waals surface area contributed by atoms with Gasteiger partial charge in [0.2, 0.25) is 4.90 Å². The molecule has 1 fully saturated rings. The largest absolute Gasteiger partial charge is 0.588 e. The Morgan fingerprint density at radius 3 is 2.35 bits per heavy atom. The zero-order chi connectivity index (χ0) is 25.0. The second kappa shape index (κ2) is 12.2. The van der Waals surface area contributed by atoms with E-state index in [4.69, 9.17) is 27.9 Å². The van der Waals surface area contributed by atoms with Crippen molar-refractivity contribution >= 4 is 40.3 Å². The average Bonchev–Trinajstić information content (AvgIpc) is 3.01. The van der Waals surface area contributed by atoms with Crippen molar-refractivity contribution in [1.82, 2.24) is 14.7 Å². The molecule has 190 valence electrons. The minimum Gasteiger partial charge on any atom is -0.588 e. The van der Waals surface area contributed by atoms with Crippen LogP contribution in [0.4, 0.5) is 14.5 Å². The van der Waals surface area contributed by atoms with E-state index in [-0.39, 0.29) is 14.9 Å². The van der Waals surface area contributed by atoms with Crippen molar-refractivity contribution in [3.63, 3.8) is 0 Å². The number of ether oxygens (including phenoxy) is 1. The number of anilines is 1. The number of rotatable bonds is 10. The van der Waals surface area contributed by atoms with Gasteiger partial charge in [-0.3, -0.25) is 4.68 Å². The highest BCUT2D eigenvalue weighted by atomic mass is 35.5. The quantitative estimate of drug-likeness (QED) is 0.309. The monoisotopic (exact) mass is 536 g/mol. The third kappa shape index (κ3) is 6.77. The molecule has 1 aliphatic heterocycles. The molecule has 3 rings (SSSR count). The first-order valence-electron chi connectivity index (χ1n) is 11.3. The smallest absolute Gasteiger partial charge is 0.260 e. The summed E-state index contributed by atoms with van der Waals surface area (Å²) in [6.07, 6.45) is 1.17. The van der Waals surface area contributed by atoms with Crippen LogP contribution in [0.15, 0.2) is 17.0 Å². The minimum atomic E-state index is -2.70. The molecular weight excluding hydrogens is 505 g/mol. The lowest BCUT2D eigenvalue weighted by Gasteiger charge is -2.28. The van der Waals surface area contributed by atoms with Crippen LogP contribution in [-0.2, 0) is 29.6 Å². The number of hydrogen-bond acceptors (Lipinski definition) is 5. The van der Waals surface area contributed by atoms with Gasteiger partial charge >= 0.3 is 0 Å². The first-order chi connectivity index (χ1) is 16.1.